The van der Waals surface area contributed by atoms with Gasteiger partial charge in [0.2, 0.25) is 5.91 Å². The molecule has 0 aliphatic carbocycles. The zero-order chi connectivity index (χ0) is 22.0. The molecule has 30 heavy (non-hydrogen) atoms. The van der Waals surface area contributed by atoms with Gasteiger partial charge in [-0.25, -0.2) is 0 Å². The van der Waals surface area contributed by atoms with Crippen LogP contribution < -0.4 is 14.8 Å². The minimum Gasteiger partial charge on any atom is -0.496 e. The van der Waals surface area contributed by atoms with Gasteiger partial charge < -0.3 is 19.2 Å². The number of ether oxygens (including phenoxy) is 2. The standard InChI is InChI=1S/C22H22N2O6/c1-12(16-10-17-13(2)14(3)30-21(17)11-20(16)29-5)8-22(25)23-18-9-15(24(26)27)6-7-19(18)28-4/h6-11H,1-5H3,(H,23,25)/b12-8+. The molecule has 1 aromatic heterocycles. The minimum atomic E-state index is -0.536. The third-order valence-electron chi connectivity index (χ3n) is 4.92. The van der Waals surface area contributed by atoms with Crippen LogP contribution in [0.25, 0.3) is 16.5 Å². The number of benzene rings is 2. The number of rotatable bonds is 6. The van der Waals surface area contributed by atoms with Crippen molar-refractivity contribution < 1.29 is 23.6 Å². The first kappa shape index (κ1) is 20.9. The first-order valence-electron chi connectivity index (χ1n) is 9.15. The molecule has 3 rings (SSSR count). The second-order valence-corrected chi connectivity index (χ2v) is 6.79. The molecule has 8 heteroatoms. The first-order valence-corrected chi connectivity index (χ1v) is 9.15. The number of allylic oxidation sites excluding steroid dienone is 1. The summed E-state index contributed by atoms with van der Waals surface area (Å²) in [6.07, 6.45) is 1.41. The van der Waals surface area contributed by atoms with E-state index in [1.807, 2.05) is 19.9 Å². The number of methoxy groups -OCH3 is 2. The van der Waals surface area contributed by atoms with E-state index in [1.165, 1.54) is 31.4 Å². The van der Waals surface area contributed by atoms with Gasteiger partial charge in [-0.05, 0) is 44.0 Å². The van der Waals surface area contributed by atoms with Crippen molar-refractivity contribution in [3.63, 3.8) is 0 Å². The van der Waals surface area contributed by atoms with Gasteiger partial charge in [0.25, 0.3) is 5.69 Å². The number of nitrogens with one attached hydrogen (secondary N) is 1. The van der Waals surface area contributed by atoms with Crippen LogP contribution in [0.1, 0.15) is 23.8 Å². The molecular formula is C22H22N2O6. The van der Waals surface area contributed by atoms with Gasteiger partial charge in [0.05, 0.1) is 24.8 Å². The van der Waals surface area contributed by atoms with Gasteiger partial charge in [0.1, 0.15) is 22.8 Å². The Morgan fingerprint density at radius 2 is 1.83 bits per heavy atom. The Bertz CT molecular complexity index is 1180. The molecule has 0 saturated heterocycles. The molecule has 1 amide bonds. The normalized spacial score (nSPS) is 11.4. The van der Waals surface area contributed by atoms with Crippen LogP contribution in [-0.4, -0.2) is 25.1 Å². The van der Waals surface area contributed by atoms with Crippen molar-refractivity contribution in [1.82, 2.24) is 0 Å². The van der Waals surface area contributed by atoms with Crippen molar-refractivity contribution in [2.75, 3.05) is 19.5 Å². The Morgan fingerprint density at radius 3 is 2.47 bits per heavy atom. The lowest BCUT2D eigenvalue weighted by Crippen LogP contribution is -2.10. The zero-order valence-electron chi connectivity index (χ0n) is 17.4. The first-order chi connectivity index (χ1) is 14.2. The summed E-state index contributed by atoms with van der Waals surface area (Å²) < 4.78 is 16.4. The van der Waals surface area contributed by atoms with Crippen LogP contribution in [0.3, 0.4) is 0 Å². The molecule has 0 bridgehead atoms. The van der Waals surface area contributed by atoms with Crippen LogP contribution in [0.2, 0.25) is 0 Å². The Kier molecular flexibility index (Phi) is 5.77. The summed E-state index contributed by atoms with van der Waals surface area (Å²) in [6.45, 7) is 5.65. The molecule has 0 radical (unpaired) electrons. The molecule has 0 spiro atoms. The van der Waals surface area contributed by atoms with Crippen molar-refractivity contribution in [3.8, 4) is 11.5 Å². The fraction of sp³-hybridized carbons (Fsp3) is 0.227. The maximum absolute atomic E-state index is 12.6. The van der Waals surface area contributed by atoms with E-state index in [9.17, 15) is 14.9 Å². The summed E-state index contributed by atoms with van der Waals surface area (Å²) in [5.74, 6) is 1.27. The fourth-order valence-corrected chi connectivity index (χ4v) is 3.20. The predicted octanol–water partition coefficient (Wildman–Crippen LogP) is 5.02. The lowest BCUT2D eigenvalue weighted by atomic mass is 10.0. The van der Waals surface area contributed by atoms with Crippen LogP contribution in [0.4, 0.5) is 11.4 Å². The number of hydrogen-bond donors (Lipinski definition) is 1. The van der Waals surface area contributed by atoms with Gasteiger partial charge in [-0.15, -0.1) is 0 Å². The number of hydrogen-bond acceptors (Lipinski definition) is 6. The van der Waals surface area contributed by atoms with Crippen LogP contribution in [0, 0.1) is 24.0 Å². The highest BCUT2D eigenvalue weighted by Crippen LogP contribution is 2.35. The Morgan fingerprint density at radius 1 is 1.13 bits per heavy atom. The topological polar surface area (TPSA) is 104 Å². The summed E-state index contributed by atoms with van der Waals surface area (Å²) in [5.41, 5.74) is 3.20. The summed E-state index contributed by atoms with van der Waals surface area (Å²) >= 11 is 0. The van der Waals surface area contributed by atoms with Crippen molar-refractivity contribution in [2.24, 2.45) is 0 Å². The summed E-state index contributed by atoms with van der Waals surface area (Å²) in [7, 11) is 2.97. The average Bonchev–Trinajstić information content (AvgIpc) is 2.99. The Balaban J connectivity index is 1.96. The molecule has 8 nitrogen and oxygen atoms in total. The highest BCUT2D eigenvalue weighted by molar-refractivity contribution is 6.05. The van der Waals surface area contributed by atoms with E-state index in [2.05, 4.69) is 5.32 Å². The maximum Gasteiger partial charge on any atom is 0.271 e. The van der Waals surface area contributed by atoms with E-state index in [-0.39, 0.29) is 11.4 Å². The summed E-state index contributed by atoms with van der Waals surface area (Å²) in [5, 5.41) is 14.6. The molecule has 2 aromatic carbocycles. The molecule has 156 valence electrons. The van der Waals surface area contributed by atoms with Gasteiger partial charge >= 0.3 is 0 Å². The molecule has 0 atom stereocenters. The lowest BCUT2D eigenvalue weighted by Gasteiger charge is -2.11. The molecule has 0 aliphatic rings. The van der Waals surface area contributed by atoms with Crippen molar-refractivity contribution in [3.05, 3.63) is 63.4 Å². The Labute approximate surface area is 173 Å². The van der Waals surface area contributed by atoms with Crippen LogP contribution in [0.5, 0.6) is 11.5 Å². The highest BCUT2D eigenvalue weighted by atomic mass is 16.6. The summed E-state index contributed by atoms with van der Waals surface area (Å²) in [6, 6.07) is 7.72. The van der Waals surface area contributed by atoms with E-state index in [0.717, 1.165) is 22.3 Å². The molecule has 3 aromatic rings. The molecule has 0 fully saturated rings. The minimum absolute atomic E-state index is 0.148. The third-order valence-corrected chi connectivity index (χ3v) is 4.92. The van der Waals surface area contributed by atoms with E-state index < -0.39 is 10.8 Å². The van der Waals surface area contributed by atoms with Crippen LogP contribution in [-0.2, 0) is 4.79 Å². The smallest absolute Gasteiger partial charge is 0.271 e. The van der Waals surface area contributed by atoms with Gasteiger partial charge in [0.15, 0.2) is 0 Å². The number of furan rings is 1. The number of nitro benzene ring substituents is 1. The number of nitrogens with zero attached hydrogens (tertiary/aromatic N) is 1. The number of amides is 1. The zero-order valence-corrected chi connectivity index (χ0v) is 17.4. The molecule has 0 aliphatic heterocycles. The number of aryl methyl sites for hydroxylation is 2. The molecule has 1 N–H and O–H groups in total. The van der Waals surface area contributed by atoms with E-state index in [0.29, 0.717) is 22.7 Å². The van der Waals surface area contributed by atoms with E-state index in [4.69, 9.17) is 13.9 Å². The van der Waals surface area contributed by atoms with Gasteiger partial charge in [-0.1, -0.05) is 0 Å². The van der Waals surface area contributed by atoms with Crippen LogP contribution >= 0.6 is 0 Å². The van der Waals surface area contributed by atoms with Gasteiger partial charge in [-0.3, -0.25) is 14.9 Å². The van der Waals surface area contributed by atoms with Crippen LogP contribution in [0.15, 0.2) is 40.8 Å². The Hall–Kier alpha value is -3.81. The number of anilines is 1. The number of fused-ring (bicyclic) bond motifs is 1. The third kappa shape index (κ3) is 3.98. The second kappa shape index (κ2) is 8.28. The predicted molar refractivity (Wildman–Crippen MR) is 114 cm³/mol. The molecular weight excluding hydrogens is 388 g/mol. The maximum atomic E-state index is 12.6. The molecule has 0 saturated carbocycles. The number of carbonyl (C=O) groups is 1. The van der Waals surface area contributed by atoms with Crippen molar-refractivity contribution in [2.45, 2.75) is 20.8 Å². The fourth-order valence-electron chi connectivity index (χ4n) is 3.20. The van der Waals surface area contributed by atoms with E-state index >= 15 is 0 Å². The quantitative estimate of drug-likeness (QED) is 0.348. The highest BCUT2D eigenvalue weighted by Gasteiger charge is 2.16. The average molecular weight is 410 g/mol. The monoisotopic (exact) mass is 410 g/mol. The SMILES string of the molecule is COc1ccc([N+](=O)[O-])cc1NC(=O)/C=C(\C)c1cc2c(C)c(C)oc2cc1OC. The largest absolute Gasteiger partial charge is 0.496 e. The molecule has 0 unspecified atom stereocenters. The second-order valence-electron chi connectivity index (χ2n) is 6.79. The molecule has 1 heterocycles. The number of nitro groups is 1. The van der Waals surface area contributed by atoms with E-state index in [1.54, 1.807) is 20.1 Å². The van der Waals surface area contributed by atoms with Gasteiger partial charge in [0, 0.05) is 35.2 Å². The van der Waals surface area contributed by atoms with Gasteiger partial charge in [-0.2, -0.15) is 0 Å². The van der Waals surface area contributed by atoms with Crippen molar-refractivity contribution in [1.29, 1.82) is 0 Å². The number of non-ortho nitro benzene ring substituents is 1. The lowest BCUT2D eigenvalue weighted by molar-refractivity contribution is -0.384. The summed E-state index contributed by atoms with van der Waals surface area (Å²) in [4.78, 5) is 23.1. The number of carbonyl (C=O) groups excluding carboxylic acids is 1. The van der Waals surface area contributed by atoms with Crippen molar-refractivity contribution >= 4 is 33.8 Å².